The molecule has 168 valence electrons. The predicted octanol–water partition coefficient (Wildman–Crippen LogP) is 4.12. The SMILES string of the molecule is COc1ccc(OC)c(-c2coc3cc(OC)c(/C(C)=C/C(=O)NCCC(=O)O)cc23)c1. The Morgan fingerprint density at radius 3 is 2.44 bits per heavy atom. The molecule has 0 aliphatic heterocycles. The molecule has 0 radical (unpaired) electrons. The summed E-state index contributed by atoms with van der Waals surface area (Å²) < 4.78 is 22.2. The van der Waals surface area contributed by atoms with Crippen molar-refractivity contribution in [3.8, 4) is 28.4 Å². The van der Waals surface area contributed by atoms with Crippen molar-refractivity contribution in [2.75, 3.05) is 27.9 Å². The Bertz CT molecular complexity index is 1180. The molecule has 8 nitrogen and oxygen atoms in total. The average Bonchev–Trinajstić information content (AvgIpc) is 3.20. The first kappa shape index (κ1) is 22.7. The first-order valence-corrected chi connectivity index (χ1v) is 9.87. The minimum absolute atomic E-state index is 0.0512. The van der Waals surface area contributed by atoms with Crippen LogP contribution in [0.2, 0.25) is 0 Å². The number of carboxylic acid groups (broad SMARTS) is 1. The Balaban J connectivity index is 2.05. The zero-order valence-corrected chi connectivity index (χ0v) is 18.4. The lowest BCUT2D eigenvalue weighted by atomic mass is 9.98. The van der Waals surface area contributed by atoms with Gasteiger partial charge in [0, 0.05) is 40.8 Å². The second kappa shape index (κ2) is 9.91. The standard InChI is InChI=1S/C24H25NO7/c1-14(9-23(26)25-8-7-24(27)28)16-11-18-19(13-32-22(18)12-21(16)31-4)17-10-15(29-2)5-6-20(17)30-3/h5-6,9-13H,7-8H2,1-4H3,(H,25,26)(H,27,28)/b14-9+. The highest BCUT2D eigenvalue weighted by molar-refractivity contribution is 6.01. The molecule has 1 heterocycles. The minimum Gasteiger partial charge on any atom is -0.497 e. The molecule has 8 heteroatoms. The van der Waals surface area contributed by atoms with E-state index in [4.69, 9.17) is 23.7 Å². The van der Waals surface area contributed by atoms with Crippen molar-refractivity contribution in [2.45, 2.75) is 13.3 Å². The van der Waals surface area contributed by atoms with Crippen molar-refractivity contribution in [1.29, 1.82) is 0 Å². The zero-order chi connectivity index (χ0) is 23.3. The summed E-state index contributed by atoms with van der Waals surface area (Å²) in [5, 5.41) is 12.1. The van der Waals surface area contributed by atoms with Crippen molar-refractivity contribution in [2.24, 2.45) is 0 Å². The number of rotatable bonds is 9. The van der Waals surface area contributed by atoms with Gasteiger partial charge < -0.3 is 29.1 Å². The molecule has 0 saturated heterocycles. The molecule has 0 bridgehead atoms. The molecule has 2 N–H and O–H groups in total. The number of ether oxygens (including phenoxy) is 3. The van der Waals surface area contributed by atoms with Gasteiger partial charge in [0.25, 0.3) is 0 Å². The van der Waals surface area contributed by atoms with Crippen molar-refractivity contribution in [1.82, 2.24) is 5.32 Å². The van der Waals surface area contributed by atoms with Gasteiger partial charge in [-0.1, -0.05) is 0 Å². The molecule has 0 atom stereocenters. The fourth-order valence-corrected chi connectivity index (χ4v) is 3.38. The fraction of sp³-hybridized carbons (Fsp3) is 0.250. The quantitative estimate of drug-likeness (QED) is 0.483. The van der Waals surface area contributed by atoms with Crippen LogP contribution in [0.4, 0.5) is 0 Å². The van der Waals surface area contributed by atoms with E-state index in [2.05, 4.69) is 5.32 Å². The van der Waals surface area contributed by atoms with E-state index >= 15 is 0 Å². The lowest BCUT2D eigenvalue weighted by Crippen LogP contribution is -2.24. The van der Waals surface area contributed by atoms with Crippen molar-refractivity contribution in [3.63, 3.8) is 0 Å². The summed E-state index contributed by atoms with van der Waals surface area (Å²) >= 11 is 0. The minimum atomic E-state index is -0.974. The molecule has 0 spiro atoms. The van der Waals surface area contributed by atoms with Gasteiger partial charge in [0.1, 0.15) is 22.8 Å². The van der Waals surface area contributed by atoms with Crippen molar-refractivity contribution in [3.05, 3.63) is 48.2 Å². The van der Waals surface area contributed by atoms with E-state index in [1.807, 2.05) is 24.3 Å². The van der Waals surface area contributed by atoms with Crippen LogP contribution in [0.15, 0.2) is 47.1 Å². The molecule has 3 aromatic rings. The summed E-state index contributed by atoms with van der Waals surface area (Å²) in [6.07, 6.45) is 2.91. The van der Waals surface area contributed by atoms with E-state index in [1.165, 1.54) is 6.08 Å². The molecule has 3 rings (SSSR count). The second-order valence-corrected chi connectivity index (χ2v) is 7.03. The van der Waals surface area contributed by atoms with Gasteiger partial charge in [0.15, 0.2) is 0 Å². The molecular formula is C24H25NO7. The lowest BCUT2D eigenvalue weighted by molar-refractivity contribution is -0.136. The number of carboxylic acids is 1. The van der Waals surface area contributed by atoms with Gasteiger partial charge in [0.2, 0.25) is 5.91 Å². The number of fused-ring (bicyclic) bond motifs is 1. The van der Waals surface area contributed by atoms with E-state index in [0.29, 0.717) is 34.0 Å². The highest BCUT2D eigenvalue weighted by Crippen LogP contribution is 2.41. The Labute approximate surface area is 185 Å². The number of allylic oxidation sites excluding steroid dienone is 1. The number of amides is 1. The molecule has 0 aliphatic rings. The molecule has 0 aliphatic carbocycles. The number of carbonyl (C=O) groups excluding carboxylic acids is 1. The predicted molar refractivity (Wildman–Crippen MR) is 120 cm³/mol. The molecule has 0 saturated carbocycles. The Morgan fingerprint density at radius 2 is 1.78 bits per heavy atom. The topological polar surface area (TPSA) is 107 Å². The Morgan fingerprint density at radius 1 is 1.03 bits per heavy atom. The number of furan rings is 1. The summed E-state index contributed by atoms with van der Waals surface area (Å²) in [5.74, 6) is 0.531. The van der Waals surface area contributed by atoms with E-state index in [1.54, 1.807) is 40.6 Å². The van der Waals surface area contributed by atoms with Gasteiger partial charge in [0.05, 0.1) is 34.0 Å². The Hall–Kier alpha value is -3.94. The normalized spacial score (nSPS) is 11.3. The summed E-state index contributed by atoms with van der Waals surface area (Å²) in [5.41, 5.74) is 3.58. The van der Waals surface area contributed by atoms with Gasteiger partial charge in [-0.15, -0.1) is 0 Å². The number of hydrogen-bond acceptors (Lipinski definition) is 6. The van der Waals surface area contributed by atoms with E-state index in [0.717, 1.165) is 16.5 Å². The van der Waals surface area contributed by atoms with Crippen LogP contribution < -0.4 is 19.5 Å². The maximum absolute atomic E-state index is 12.2. The summed E-state index contributed by atoms with van der Waals surface area (Å²) in [4.78, 5) is 22.8. The molecular weight excluding hydrogens is 414 g/mol. The van der Waals surface area contributed by atoms with Crippen LogP contribution in [-0.4, -0.2) is 44.9 Å². The molecule has 1 amide bonds. The monoisotopic (exact) mass is 439 g/mol. The number of hydrogen-bond donors (Lipinski definition) is 2. The van der Waals surface area contributed by atoms with Gasteiger partial charge >= 0.3 is 5.97 Å². The maximum atomic E-state index is 12.2. The van der Waals surface area contributed by atoms with Crippen LogP contribution in [0.5, 0.6) is 17.2 Å². The summed E-state index contributed by atoms with van der Waals surface area (Å²) in [7, 11) is 4.73. The third-order valence-electron chi connectivity index (χ3n) is 5.00. The van der Waals surface area contributed by atoms with Gasteiger partial charge in [-0.25, -0.2) is 0 Å². The maximum Gasteiger partial charge on any atom is 0.305 e. The molecule has 0 unspecified atom stereocenters. The largest absolute Gasteiger partial charge is 0.497 e. The lowest BCUT2D eigenvalue weighted by Gasteiger charge is -2.12. The number of benzene rings is 2. The van der Waals surface area contributed by atoms with Crippen LogP contribution in [0.1, 0.15) is 18.9 Å². The second-order valence-electron chi connectivity index (χ2n) is 7.03. The van der Waals surface area contributed by atoms with Gasteiger partial charge in [-0.05, 0) is 36.8 Å². The van der Waals surface area contributed by atoms with Crippen LogP contribution in [0, 0.1) is 0 Å². The third kappa shape index (κ3) is 4.85. The molecule has 0 fully saturated rings. The molecule has 1 aromatic heterocycles. The highest BCUT2D eigenvalue weighted by Gasteiger charge is 2.18. The van der Waals surface area contributed by atoms with E-state index in [-0.39, 0.29) is 18.9 Å². The first-order chi connectivity index (χ1) is 15.4. The Kier molecular flexibility index (Phi) is 7.04. The summed E-state index contributed by atoms with van der Waals surface area (Å²) in [6.45, 7) is 1.84. The number of carbonyl (C=O) groups is 2. The van der Waals surface area contributed by atoms with E-state index < -0.39 is 5.97 Å². The third-order valence-corrected chi connectivity index (χ3v) is 5.00. The molecule has 2 aromatic carbocycles. The zero-order valence-electron chi connectivity index (χ0n) is 18.4. The molecule has 32 heavy (non-hydrogen) atoms. The van der Waals surface area contributed by atoms with Crippen molar-refractivity contribution < 1.29 is 33.3 Å². The number of aliphatic carboxylic acids is 1. The van der Waals surface area contributed by atoms with Crippen LogP contribution in [0.25, 0.3) is 27.7 Å². The number of methoxy groups -OCH3 is 3. The van der Waals surface area contributed by atoms with Crippen LogP contribution >= 0.6 is 0 Å². The van der Waals surface area contributed by atoms with Gasteiger partial charge in [-0.3, -0.25) is 9.59 Å². The summed E-state index contributed by atoms with van der Waals surface area (Å²) in [6, 6.07) is 9.16. The van der Waals surface area contributed by atoms with Gasteiger partial charge in [-0.2, -0.15) is 0 Å². The fourth-order valence-electron chi connectivity index (χ4n) is 3.38. The smallest absolute Gasteiger partial charge is 0.305 e. The van der Waals surface area contributed by atoms with Crippen LogP contribution in [-0.2, 0) is 9.59 Å². The first-order valence-electron chi connectivity index (χ1n) is 9.87. The van der Waals surface area contributed by atoms with Crippen LogP contribution in [0.3, 0.4) is 0 Å². The van der Waals surface area contributed by atoms with Crippen molar-refractivity contribution >= 4 is 28.4 Å². The highest BCUT2D eigenvalue weighted by atomic mass is 16.5. The number of nitrogens with one attached hydrogen (secondary N) is 1. The average molecular weight is 439 g/mol. The van der Waals surface area contributed by atoms with E-state index in [9.17, 15) is 9.59 Å².